The first-order valence-corrected chi connectivity index (χ1v) is 3.45. The number of rotatable bonds is 5. The molecule has 10 heavy (non-hydrogen) atoms. The lowest BCUT2D eigenvalue weighted by atomic mass is 10.3. The van der Waals surface area contributed by atoms with Gasteiger partial charge in [-0.3, -0.25) is 0 Å². The normalized spacial score (nSPS) is 11.8. The molecule has 2 N–H and O–H groups in total. The van der Waals surface area contributed by atoms with Crippen molar-refractivity contribution >= 4 is 0 Å². The summed E-state index contributed by atoms with van der Waals surface area (Å²) in [6.45, 7) is 0.332. The molecule has 0 saturated carbocycles. The molecule has 0 aliphatic heterocycles. The van der Waals surface area contributed by atoms with Crippen LogP contribution in [0.15, 0.2) is 24.3 Å². The van der Waals surface area contributed by atoms with Crippen LogP contribution < -0.4 is 0 Å². The summed E-state index contributed by atoms with van der Waals surface area (Å²) in [6, 6.07) is 0. The van der Waals surface area contributed by atoms with Crippen LogP contribution in [0.25, 0.3) is 0 Å². The Morgan fingerprint density at radius 3 is 2.30 bits per heavy atom. The lowest BCUT2D eigenvalue weighted by molar-refractivity contribution is 0.289. The fraction of sp³-hybridized carbons (Fsp3) is 0.500. The fourth-order valence-corrected chi connectivity index (χ4v) is 0.523. The van der Waals surface area contributed by atoms with E-state index in [0.717, 1.165) is 12.8 Å². The first-order valence-electron chi connectivity index (χ1n) is 3.45. The van der Waals surface area contributed by atoms with Crippen molar-refractivity contribution < 1.29 is 10.2 Å². The van der Waals surface area contributed by atoms with Crippen molar-refractivity contribution in [1.82, 2.24) is 0 Å². The van der Waals surface area contributed by atoms with Gasteiger partial charge in [-0.25, -0.2) is 0 Å². The van der Waals surface area contributed by atoms with Crippen molar-refractivity contribution in [2.75, 3.05) is 13.2 Å². The molecule has 0 aromatic carbocycles. The molecular weight excluding hydrogens is 128 g/mol. The van der Waals surface area contributed by atoms with Gasteiger partial charge < -0.3 is 10.2 Å². The molecule has 0 amide bonds. The first kappa shape index (κ1) is 9.40. The van der Waals surface area contributed by atoms with E-state index in [9.17, 15) is 0 Å². The minimum absolute atomic E-state index is 0.0876. The van der Waals surface area contributed by atoms with E-state index < -0.39 is 0 Å². The smallest absolute Gasteiger partial charge is 0.0615 e. The minimum atomic E-state index is 0.0876. The van der Waals surface area contributed by atoms with Crippen LogP contribution in [0.1, 0.15) is 12.8 Å². The van der Waals surface area contributed by atoms with Crippen molar-refractivity contribution in [1.29, 1.82) is 0 Å². The Morgan fingerprint density at radius 1 is 1.00 bits per heavy atom. The zero-order chi connectivity index (χ0) is 7.66. The Kier molecular flexibility index (Phi) is 7.90. The monoisotopic (exact) mass is 142 g/mol. The highest BCUT2D eigenvalue weighted by molar-refractivity contribution is 5.01. The summed E-state index contributed by atoms with van der Waals surface area (Å²) in [5.41, 5.74) is 0. The fourth-order valence-electron chi connectivity index (χ4n) is 0.523. The van der Waals surface area contributed by atoms with Crippen LogP contribution in [0, 0.1) is 0 Å². The average Bonchev–Trinajstić information content (AvgIpc) is 1.97. The lowest BCUT2D eigenvalue weighted by Crippen LogP contribution is -1.77. The third kappa shape index (κ3) is 7.40. The van der Waals surface area contributed by atoms with Crippen LogP contribution in [0.4, 0.5) is 0 Å². The molecule has 0 radical (unpaired) electrons. The maximum Gasteiger partial charge on any atom is 0.0615 e. The molecule has 0 unspecified atom stereocenters. The van der Waals surface area contributed by atoms with Crippen molar-refractivity contribution in [2.24, 2.45) is 0 Å². The van der Waals surface area contributed by atoms with Crippen LogP contribution in [0.5, 0.6) is 0 Å². The topological polar surface area (TPSA) is 40.5 Å². The van der Waals surface area contributed by atoms with E-state index >= 15 is 0 Å². The number of aliphatic hydroxyl groups is 2. The van der Waals surface area contributed by atoms with E-state index in [1.807, 2.05) is 12.2 Å². The SMILES string of the molecule is OCC=CC=CCCCO. The minimum Gasteiger partial charge on any atom is -0.396 e. The first-order chi connectivity index (χ1) is 4.91. The Hall–Kier alpha value is -0.600. The molecule has 2 nitrogen and oxygen atoms in total. The molecule has 0 heterocycles. The van der Waals surface area contributed by atoms with Gasteiger partial charge in [0.1, 0.15) is 0 Å². The van der Waals surface area contributed by atoms with Crippen LogP contribution in [0.3, 0.4) is 0 Å². The summed E-state index contributed by atoms with van der Waals surface area (Å²) in [6.07, 6.45) is 8.98. The number of hydrogen-bond acceptors (Lipinski definition) is 2. The third-order valence-corrected chi connectivity index (χ3v) is 1.02. The van der Waals surface area contributed by atoms with Crippen molar-refractivity contribution in [2.45, 2.75) is 12.8 Å². The van der Waals surface area contributed by atoms with E-state index in [2.05, 4.69) is 0 Å². The van der Waals surface area contributed by atoms with Gasteiger partial charge in [0.05, 0.1) is 6.61 Å². The third-order valence-electron chi connectivity index (χ3n) is 1.02. The molecule has 0 aliphatic rings. The number of aliphatic hydroxyl groups excluding tert-OH is 2. The molecule has 0 saturated heterocycles. The Bertz CT molecular complexity index is 106. The summed E-state index contributed by atoms with van der Waals surface area (Å²) < 4.78 is 0. The van der Waals surface area contributed by atoms with Crippen molar-refractivity contribution in [3.63, 3.8) is 0 Å². The van der Waals surface area contributed by atoms with Gasteiger partial charge in [-0.15, -0.1) is 0 Å². The Balaban J connectivity index is 3.11. The van der Waals surface area contributed by atoms with Gasteiger partial charge in [0, 0.05) is 6.61 Å². The van der Waals surface area contributed by atoms with Crippen LogP contribution in [-0.4, -0.2) is 23.4 Å². The second-order valence-corrected chi connectivity index (χ2v) is 1.90. The molecule has 0 fully saturated rings. The van der Waals surface area contributed by atoms with E-state index in [1.54, 1.807) is 12.2 Å². The summed E-state index contributed by atoms with van der Waals surface area (Å²) >= 11 is 0. The highest BCUT2D eigenvalue weighted by atomic mass is 16.3. The van der Waals surface area contributed by atoms with Gasteiger partial charge >= 0.3 is 0 Å². The van der Waals surface area contributed by atoms with E-state index in [1.165, 1.54) is 0 Å². The molecule has 2 heteroatoms. The number of unbranched alkanes of at least 4 members (excludes halogenated alkanes) is 1. The van der Waals surface area contributed by atoms with Gasteiger partial charge in [-0.2, -0.15) is 0 Å². The second-order valence-electron chi connectivity index (χ2n) is 1.90. The molecular formula is C8H14O2. The van der Waals surface area contributed by atoms with Gasteiger partial charge in [-0.1, -0.05) is 24.3 Å². The van der Waals surface area contributed by atoms with Gasteiger partial charge in [0.25, 0.3) is 0 Å². The molecule has 0 aliphatic carbocycles. The molecule has 0 aromatic rings. The second kappa shape index (κ2) is 8.40. The van der Waals surface area contributed by atoms with Crippen molar-refractivity contribution in [3.8, 4) is 0 Å². The van der Waals surface area contributed by atoms with Gasteiger partial charge in [0.15, 0.2) is 0 Å². The van der Waals surface area contributed by atoms with E-state index in [0.29, 0.717) is 0 Å². The summed E-state index contributed by atoms with van der Waals surface area (Å²) in [5.74, 6) is 0. The maximum absolute atomic E-state index is 8.38. The maximum atomic E-state index is 8.38. The zero-order valence-corrected chi connectivity index (χ0v) is 6.03. The van der Waals surface area contributed by atoms with Crippen LogP contribution in [0.2, 0.25) is 0 Å². The summed E-state index contributed by atoms with van der Waals surface area (Å²) in [7, 11) is 0. The quantitative estimate of drug-likeness (QED) is 0.441. The summed E-state index contributed by atoms with van der Waals surface area (Å²) in [4.78, 5) is 0. The van der Waals surface area contributed by atoms with Gasteiger partial charge in [0.2, 0.25) is 0 Å². The molecule has 58 valence electrons. The van der Waals surface area contributed by atoms with Crippen LogP contribution in [-0.2, 0) is 0 Å². The van der Waals surface area contributed by atoms with Crippen LogP contribution >= 0.6 is 0 Å². The average molecular weight is 142 g/mol. The molecule has 0 bridgehead atoms. The highest BCUT2D eigenvalue weighted by Crippen LogP contribution is 1.88. The van der Waals surface area contributed by atoms with Gasteiger partial charge in [-0.05, 0) is 12.8 Å². The standard InChI is InChI=1S/C8H14O2/c9-7-5-3-1-2-4-6-8-10/h1-3,5,9-10H,4,6-8H2. The van der Waals surface area contributed by atoms with E-state index in [4.69, 9.17) is 10.2 Å². The molecule has 0 atom stereocenters. The number of hydrogen-bond donors (Lipinski definition) is 2. The number of allylic oxidation sites excluding steroid dienone is 3. The van der Waals surface area contributed by atoms with Crippen molar-refractivity contribution in [3.05, 3.63) is 24.3 Å². The largest absolute Gasteiger partial charge is 0.396 e. The zero-order valence-electron chi connectivity index (χ0n) is 6.03. The summed E-state index contributed by atoms with van der Waals surface area (Å²) in [5, 5.41) is 16.7. The van der Waals surface area contributed by atoms with E-state index in [-0.39, 0.29) is 13.2 Å². The Labute approximate surface area is 61.5 Å². The predicted octanol–water partition coefficient (Wildman–Crippen LogP) is 0.864. The lowest BCUT2D eigenvalue weighted by Gasteiger charge is -1.84. The molecule has 0 aromatic heterocycles. The Morgan fingerprint density at radius 2 is 1.70 bits per heavy atom. The molecule has 0 rings (SSSR count). The molecule has 0 spiro atoms. The predicted molar refractivity (Wildman–Crippen MR) is 41.7 cm³/mol. The highest BCUT2D eigenvalue weighted by Gasteiger charge is 1.75.